The minimum Gasteiger partial charge on any atom is -0.319 e. The van der Waals surface area contributed by atoms with Crippen molar-refractivity contribution in [2.24, 2.45) is 0 Å². The predicted molar refractivity (Wildman–Crippen MR) is 48.0 cm³/mol. The van der Waals surface area contributed by atoms with Crippen LogP contribution >= 0.6 is 7.14 Å². The number of nitriles is 2. The Kier molecular flexibility index (Phi) is 5.09. The van der Waals surface area contributed by atoms with Crippen LogP contribution < -0.4 is 0 Å². The van der Waals surface area contributed by atoms with Gasteiger partial charge in [-0.05, 0) is 5.82 Å². The molecule has 0 aromatic rings. The van der Waals surface area contributed by atoms with E-state index in [1.165, 1.54) is 5.82 Å². The van der Waals surface area contributed by atoms with Crippen LogP contribution in [-0.2, 0) is 4.57 Å². The molecule has 0 aliphatic carbocycles. The topological polar surface area (TPSA) is 64.7 Å². The van der Waals surface area contributed by atoms with Crippen LogP contribution in [0.5, 0.6) is 0 Å². The van der Waals surface area contributed by atoms with E-state index in [-0.39, 0.29) is 12.8 Å². The van der Waals surface area contributed by atoms with Crippen LogP contribution in [0.4, 0.5) is 0 Å². The van der Waals surface area contributed by atoms with E-state index in [2.05, 4.69) is 6.58 Å². The average Bonchev–Trinajstić information content (AvgIpc) is 2.11. The Morgan fingerprint density at radius 1 is 1.25 bits per heavy atom. The van der Waals surface area contributed by atoms with E-state index in [1.807, 2.05) is 12.1 Å². The Hall–Kier alpha value is -1.05. The van der Waals surface area contributed by atoms with Crippen LogP contribution in [-0.4, -0.2) is 12.3 Å². The SMILES string of the molecule is C=CP(=O)(CCC#N)CCC#N. The molecule has 0 N–H and O–H groups in total. The molecule has 0 atom stereocenters. The smallest absolute Gasteiger partial charge is 0.110 e. The summed E-state index contributed by atoms with van der Waals surface area (Å²) < 4.78 is 11.7. The van der Waals surface area contributed by atoms with E-state index >= 15 is 0 Å². The zero-order chi connectivity index (χ0) is 9.45. The van der Waals surface area contributed by atoms with Crippen molar-refractivity contribution in [1.82, 2.24) is 0 Å². The van der Waals surface area contributed by atoms with Crippen molar-refractivity contribution in [3.8, 4) is 12.1 Å². The Bertz CT molecular complexity index is 250. The van der Waals surface area contributed by atoms with Crippen molar-refractivity contribution >= 4 is 7.14 Å². The van der Waals surface area contributed by atoms with Gasteiger partial charge in [-0.3, -0.25) is 0 Å². The van der Waals surface area contributed by atoms with E-state index in [9.17, 15) is 4.57 Å². The summed E-state index contributed by atoms with van der Waals surface area (Å²) in [5.74, 6) is 1.40. The molecule has 0 radical (unpaired) electrons. The van der Waals surface area contributed by atoms with Crippen LogP contribution in [0.25, 0.3) is 0 Å². The van der Waals surface area contributed by atoms with Crippen molar-refractivity contribution in [3.63, 3.8) is 0 Å². The van der Waals surface area contributed by atoms with Gasteiger partial charge in [0, 0.05) is 25.2 Å². The first kappa shape index (κ1) is 11.0. The first-order chi connectivity index (χ1) is 5.68. The fourth-order valence-corrected chi connectivity index (χ4v) is 2.32. The molecule has 0 spiro atoms. The summed E-state index contributed by atoms with van der Waals surface area (Å²) in [6.45, 7) is 3.46. The van der Waals surface area contributed by atoms with E-state index in [1.54, 1.807) is 0 Å². The molecule has 0 aliphatic rings. The van der Waals surface area contributed by atoms with Gasteiger partial charge >= 0.3 is 0 Å². The Morgan fingerprint density at radius 3 is 1.92 bits per heavy atom. The number of rotatable bonds is 5. The highest BCUT2D eigenvalue weighted by Crippen LogP contribution is 2.47. The lowest BCUT2D eigenvalue weighted by Gasteiger charge is -2.08. The van der Waals surface area contributed by atoms with Gasteiger partial charge in [0.25, 0.3) is 0 Å². The molecule has 0 saturated carbocycles. The lowest BCUT2D eigenvalue weighted by atomic mass is 10.5. The molecule has 0 unspecified atom stereocenters. The summed E-state index contributed by atoms with van der Waals surface area (Å²) in [7, 11) is -2.41. The van der Waals surface area contributed by atoms with Gasteiger partial charge in [0.1, 0.15) is 7.14 Å². The molecular formula is C8H11N2OP. The molecule has 0 aliphatic heterocycles. The molecule has 64 valence electrons. The molecular weight excluding hydrogens is 171 g/mol. The highest BCUT2D eigenvalue weighted by atomic mass is 31.2. The van der Waals surface area contributed by atoms with Gasteiger partial charge in [0.2, 0.25) is 0 Å². The molecule has 0 saturated heterocycles. The zero-order valence-corrected chi connectivity index (χ0v) is 7.76. The number of nitrogens with zero attached hydrogens (tertiary/aromatic N) is 2. The average molecular weight is 182 g/mol. The van der Waals surface area contributed by atoms with Crippen molar-refractivity contribution in [3.05, 3.63) is 12.4 Å². The molecule has 4 heteroatoms. The largest absolute Gasteiger partial charge is 0.319 e. The van der Waals surface area contributed by atoms with Gasteiger partial charge in [0.15, 0.2) is 0 Å². The number of hydrogen-bond donors (Lipinski definition) is 0. The third kappa shape index (κ3) is 3.96. The van der Waals surface area contributed by atoms with Crippen molar-refractivity contribution in [1.29, 1.82) is 10.5 Å². The molecule has 0 aromatic heterocycles. The molecule has 0 rings (SSSR count). The first-order valence-corrected chi connectivity index (χ1v) is 5.78. The fraction of sp³-hybridized carbons (Fsp3) is 0.500. The van der Waals surface area contributed by atoms with Crippen LogP contribution in [0.3, 0.4) is 0 Å². The maximum absolute atomic E-state index is 11.7. The third-order valence-electron chi connectivity index (χ3n) is 1.54. The van der Waals surface area contributed by atoms with Crippen LogP contribution in [0, 0.1) is 22.7 Å². The van der Waals surface area contributed by atoms with Crippen LogP contribution in [0.2, 0.25) is 0 Å². The van der Waals surface area contributed by atoms with Crippen molar-refractivity contribution in [2.45, 2.75) is 12.8 Å². The summed E-state index contributed by atoms with van der Waals surface area (Å²) in [5.41, 5.74) is 0. The van der Waals surface area contributed by atoms with Gasteiger partial charge in [-0.25, -0.2) is 0 Å². The van der Waals surface area contributed by atoms with Gasteiger partial charge in [-0.1, -0.05) is 6.58 Å². The maximum Gasteiger partial charge on any atom is 0.110 e. The van der Waals surface area contributed by atoms with E-state index in [0.717, 1.165) is 0 Å². The summed E-state index contributed by atoms with van der Waals surface area (Å²) in [6, 6.07) is 3.86. The lowest BCUT2D eigenvalue weighted by molar-refractivity contribution is 0.580. The van der Waals surface area contributed by atoms with E-state index < -0.39 is 7.14 Å². The van der Waals surface area contributed by atoms with Gasteiger partial charge in [-0.15, -0.1) is 0 Å². The van der Waals surface area contributed by atoms with Crippen molar-refractivity contribution < 1.29 is 4.57 Å². The zero-order valence-electron chi connectivity index (χ0n) is 6.86. The maximum atomic E-state index is 11.7. The molecule has 3 nitrogen and oxygen atoms in total. The summed E-state index contributed by atoms with van der Waals surface area (Å²) in [5, 5.41) is 16.6. The molecule has 0 amide bonds. The Labute approximate surface area is 72.7 Å². The number of hydrogen-bond acceptors (Lipinski definition) is 3. The third-order valence-corrected chi connectivity index (χ3v) is 4.16. The van der Waals surface area contributed by atoms with Crippen LogP contribution in [0.1, 0.15) is 12.8 Å². The molecule has 0 heterocycles. The monoisotopic (exact) mass is 182 g/mol. The van der Waals surface area contributed by atoms with Gasteiger partial charge in [-0.2, -0.15) is 10.5 Å². The summed E-state index contributed by atoms with van der Waals surface area (Å²) >= 11 is 0. The first-order valence-electron chi connectivity index (χ1n) is 3.64. The summed E-state index contributed by atoms with van der Waals surface area (Å²) in [6.07, 6.45) is 1.26. The minimum atomic E-state index is -2.41. The molecule has 0 aromatic carbocycles. The highest BCUT2D eigenvalue weighted by molar-refractivity contribution is 7.67. The highest BCUT2D eigenvalue weighted by Gasteiger charge is 2.16. The second-order valence-corrected chi connectivity index (χ2v) is 5.56. The van der Waals surface area contributed by atoms with E-state index in [0.29, 0.717) is 12.3 Å². The van der Waals surface area contributed by atoms with E-state index in [4.69, 9.17) is 10.5 Å². The Balaban J connectivity index is 4.09. The molecule has 12 heavy (non-hydrogen) atoms. The normalized spacial score (nSPS) is 9.83. The van der Waals surface area contributed by atoms with Gasteiger partial charge in [0.05, 0.1) is 12.1 Å². The lowest BCUT2D eigenvalue weighted by Crippen LogP contribution is -1.91. The second-order valence-electron chi connectivity index (χ2n) is 2.40. The van der Waals surface area contributed by atoms with Crippen molar-refractivity contribution in [2.75, 3.05) is 12.3 Å². The summed E-state index contributed by atoms with van der Waals surface area (Å²) in [4.78, 5) is 0. The predicted octanol–water partition coefficient (Wildman–Crippen LogP) is 2.32. The standard InChI is InChI=1S/C8H11N2OP/c1-2-12(11,7-3-5-9)8-4-6-10/h2H,1,3-4,7-8H2. The van der Waals surface area contributed by atoms with Crippen LogP contribution in [0.15, 0.2) is 12.4 Å². The fourth-order valence-electron chi connectivity index (χ4n) is 0.773. The molecule has 0 fully saturated rings. The quantitative estimate of drug-likeness (QED) is 0.613. The second kappa shape index (κ2) is 5.58. The molecule has 0 bridgehead atoms. The minimum absolute atomic E-state index is 0.273. The van der Waals surface area contributed by atoms with Gasteiger partial charge < -0.3 is 4.57 Å². The Morgan fingerprint density at radius 2 is 1.67 bits per heavy atom.